The van der Waals surface area contributed by atoms with Crippen LogP contribution >= 0.6 is 0 Å². The Balaban J connectivity index is 3.02. The summed E-state index contributed by atoms with van der Waals surface area (Å²) in [6, 6.07) is 0. The second kappa shape index (κ2) is 11.2. The van der Waals surface area contributed by atoms with E-state index in [0.717, 1.165) is 32.5 Å². The number of ether oxygens (including phenoxy) is 1. The molecule has 0 atom stereocenters. The van der Waals surface area contributed by atoms with Crippen LogP contribution in [0.1, 0.15) is 25.7 Å². The molecule has 0 heterocycles. The van der Waals surface area contributed by atoms with Gasteiger partial charge in [-0.25, -0.2) is 0 Å². The van der Waals surface area contributed by atoms with Crippen molar-refractivity contribution >= 4 is 0 Å². The minimum atomic E-state index is 0.724. The summed E-state index contributed by atoms with van der Waals surface area (Å²) in [6.07, 6.45) is 12.4. The second-order valence-corrected chi connectivity index (χ2v) is 2.84. The lowest BCUT2D eigenvalue weighted by atomic mass is 10.2. The van der Waals surface area contributed by atoms with Crippen LogP contribution in [0.4, 0.5) is 0 Å². The summed E-state index contributed by atoms with van der Waals surface area (Å²) in [5.74, 6) is 0. The highest BCUT2D eigenvalue weighted by molar-refractivity contribution is 4.82. The third kappa shape index (κ3) is 11.2. The van der Waals surface area contributed by atoms with E-state index in [1.807, 2.05) is 12.2 Å². The van der Waals surface area contributed by atoms with Crippen molar-refractivity contribution in [1.82, 2.24) is 0 Å². The van der Waals surface area contributed by atoms with Crippen molar-refractivity contribution in [3.8, 4) is 0 Å². The first-order chi connectivity index (χ1) is 6.41. The molecule has 0 N–H and O–H groups in total. The maximum absolute atomic E-state index is 5.30. The molecule has 0 unspecified atom stereocenters. The van der Waals surface area contributed by atoms with Crippen molar-refractivity contribution in [2.45, 2.75) is 25.7 Å². The molecule has 0 saturated carbocycles. The molecule has 1 heteroatoms. The molecule has 0 saturated heterocycles. The van der Waals surface area contributed by atoms with Gasteiger partial charge in [-0.15, -0.1) is 13.2 Å². The summed E-state index contributed by atoms with van der Waals surface area (Å²) in [5, 5.41) is 0. The molecular formula is C12H20O. The molecule has 0 radical (unpaired) electrons. The zero-order valence-corrected chi connectivity index (χ0v) is 8.37. The monoisotopic (exact) mass is 180 g/mol. The summed E-state index contributed by atoms with van der Waals surface area (Å²) < 4.78 is 5.30. The van der Waals surface area contributed by atoms with Gasteiger partial charge in [0.1, 0.15) is 0 Å². The Morgan fingerprint density at radius 2 is 1.69 bits per heavy atom. The largest absolute Gasteiger partial charge is 0.377 e. The Hall–Kier alpha value is -0.820. The minimum Gasteiger partial charge on any atom is -0.377 e. The van der Waals surface area contributed by atoms with Gasteiger partial charge in [0.25, 0.3) is 0 Å². The van der Waals surface area contributed by atoms with Crippen molar-refractivity contribution in [3.05, 3.63) is 37.5 Å². The standard InChI is InChI=1S/C12H20O/c1-3-5-7-8-9-10-12-13-11-6-4-2/h3-4,9-10H,1-2,5-8,11-12H2. The van der Waals surface area contributed by atoms with Crippen molar-refractivity contribution in [3.63, 3.8) is 0 Å². The van der Waals surface area contributed by atoms with Crippen LogP contribution in [0.15, 0.2) is 37.5 Å². The molecule has 0 aliphatic rings. The van der Waals surface area contributed by atoms with Gasteiger partial charge < -0.3 is 4.74 Å². The Labute approximate surface area is 81.8 Å². The molecule has 0 aromatic carbocycles. The minimum absolute atomic E-state index is 0.724. The van der Waals surface area contributed by atoms with E-state index in [4.69, 9.17) is 4.74 Å². The summed E-state index contributed by atoms with van der Waals surface area (Å²) in [4.78, 5) is 0. The average molecular weight is 180 g/mol. The molecule has 0 aliphatic carbocycles. The number of hydrogen-bond acceptors (Lipinski definition) is 1. The fourth-order valence-electron chi connectivity index (χ4n) is 0.884. The van der Waals surface area contributed by atoms with Crippen LogP contribution in [-0.2, 0) is 4.74 Å². The van der Waals surface area contributed by atoms with Crippen molar-refractivity contribution in [2.75, 3.05) is 13.2 Å². The van der Waals surface area contributed by atoms with Crippen LogP contribution in [0.25, 0.3) is 0 Å². The van der Waals surface area contributed by atoms with Crippen molar-refractivity contribution in [2.24, 2.45) is 0 Å². The van der Waals surface area contributed by atoms with Gasteiger partial charge in [0.15, 0.2) is 0 Å². The van der Waals surface area contributed by atoms with E-state index < -0.39 is 0 Å². The molecule has 74 valence electrons. The number of allylic oxidation sites excluding steroid dienone is 2. The van der Waals surface area contributed by atoms with Crippen molar-refractivity contribution < 1.29 is 4.74 Å². The second-order valence-electron chi connectivity index (χ2n) is 2.84. The Kier molecular flexibility index (Phi) is 10.5. The van der Waals surface area contributed by atoms with Crippen LogP contribution in [-0.4, -0.2) is 13.2 Å². The lowest BCUT2D eigenvalue weighted by Crippen LogP contribution is -1.91. The Morgan fingerprint density at radius 3 is 2.38 bits per heavy atom. The molecule has 0 bridgehead atoms. The number of hydrogen-bond donors (Lipinski definition) is 0. The molecule has 13 heavy (non-hydrogen) atoms. The van der Waals surface area contributed by atoms with E-state index in [0.29, 0.717) is 0 Å². The molecule has 1 nitrogen and oxygen atoms in total. The topological polar surface area (TPSA) is 9.23 Å². The van der Waals surface area contributed by atoms with Gasteiger partial charge >= 0.3 is 0 Å². The number of rotatable bonds is 9. The first-order valence-electron chi connectivity index (χ1n) is 4.86. The first kappa shape index (κ1) is 12.2. The maximum atomic E-state index is 5.30. The van der Waals surface area contributed by atoms with Crippen LogP contribution in [0, 0.1) is 0 Å². The van der Waals surface area contributed by atoms with E-state index in [2.05, 4.69) is 25.3 Å². The summed E-state index contributed by atoms with van der Waals surface area (Å²) in [7, 11) is 0. The lowest BCUT2D eigenvalue weighted by molar-refractivity contribution is 0.167. The fraction of sp³-hybridized carbons (Fsp3) is 0.500. The highest BCUT2D eigenvalue weighted by Gasteiger charge is 1.81. The smallest absolute Gasteiger partial charge is 0.0647 e. The van der Waals surface area contributed by atoms with E-state index in [9.17, 15) is 0 Å². The molecular weight excluding hydrogens is 160 g/mol. The summed E-state index contributed by atoms with van der Waals surface area (Å²) in [6.45, 7) is 8.79. The lowest BCUT2D eigenvalue weighted by Gasteiger charge is -1.96. The molecule has 0 aromatic rings. The number of unbranched alkanes of at least 4 members (excludes halogenated alkanes) is 2. The van der Waals surface area contributed by atoms with Gasteiger partial charge in [-0.1, -0.05) is 24.3 Å². The van der Waals surface area contributed by atoms with Gasteiger partial charge in [0.2, 0.25) is 0 Å². The van der Waals surface area contributed by atoms with Crippen LogP contribution < -0.4 is 0 Å². The van der Waals surface area contributed by atoms with Gasteiger partial charge in [-0.3, -0.25) is 0 Å². The van der Waals surface area contributed by atoms with Gasteiger partial charge in [-0.05, 0) is 25.7 Å². The molecule has 0 spiro atoms. The third-order valence-electron chi connectivity index (χ3n) is 1.63. The highest BCUT2D eigenvalue weighted by atomic mass is 16.5. The fourth-order valence-corrected chi connectivity index (χ4v) is 0.884. The molecule has 0 aliphatic heterocycles. The SMILES string of the molecule is C=CCCCC=CCOCCC=C. The zero-order chi connectivity index (χ0) is 9.78. The van der Waals surface area contributed by atoms with Crippen molar-refractivity contribution in [1.29, 1.82) is 0 Å². The summed E-state index contributed by atoms with van der Waals surface area (Å²) >= 11 is 0. The Bertz CT molecular complexity index is 147. The quantitative estimate of drug-likeness (QED) is 0.390. The molecule has 0 fully saturated rings. The van der Waals surface area contributed by atoms with E-state index in [-0.39, 0.29) is 0 Å². The maximum Gasteiger partial charge on any atom is 0.0647 e. The average Bonchev–Trinajstić information content (AvgIpc) is 2.16. The predicted octanol–water partition coefficient (Wildman–Crippen LogP) is 3.49. The van der Waals surface area contributed by atoms with Crippen LogP contribution in [0.5, 0.6) is 0 Å². The zero-order valence-electron chi connectivity index (χ0n) is 8.37. The van der Waals surface area contributed by atoms with E-state index in [1.165, 1.54) is 6.42 Å². The molecule has 0 amide bonds. The van der Waals surface area contributed by atoms with Crippen LogP contribution in [0.2, 0.25) is 0 Å². The van der Waals surface area contributed by atoms with E-state index >= 15 is 0 Å². The van der Waals surface area contributed by atoms with E-state index in [1.54, 1.807) is 0 Å². The van der Waals surface area contributed by atoms with Crippen LogP contribution in [0.3, 0.4) is 0 Å². The molecule has 0 aromatic heterocycles. The predicted molar refractivity (Wildman–Crippen MR) is 58.8 cm³/mol. The van der Waals surface area contributed by atoms with Gasteiger partial charge in [0.05, 0.1) is 13.2 Å². The third-order valence-corrected chi connectivity index (χ3v) is 1.63. The Morgan fingerprint density at radius 1 is 0.923 bits per heavy atom. The normalized spacial score (nSPS) is 10.5. The highest BCUT2D eigenvalue weighted by Crippen LogP contribution is 1.96. The molecule has 0 rings (SSSR count). The summed E-state index contributed by atoms with van der Waals surface area (Å²) in [5.41, 5.74) is 0. The van der Waals surface area contributed by atoms with Gasteiger partial charge in [0, 0.05) is 0 Å². The van der Waals surface area contributed by atoms with Gasteiger partial charge in [-0.2, -0.15) is 0 Å². The first-order valence-corrected chi connectivity index (χ1v) is 4.86.